The molecule has 3 aromatic rings. The Morgan fingerprint density at radius 1 is 1.26 bits per heavy atom. The molecule has 1 fully saturated rings. The van der Waals surface area contributed by atoms with Crippen LogP contribution >= 0.6 is 0 Å². The first-order valence-electron chi connectivity index (χ1n) is 9.51. The highest BCUT2D eigenvalue weighted by molar-refractivity contribution is 6.40. The Kier molecular flexibility index (Phi) is 4.55. The average molecular weight is 368 g/mol. The predicted molar refractivity (Wildman–Crippen MR) is 103 cm³/mol. The van der Waals surface area contributed by atoms with Crippen LogP contribution in [0, 0.1) is 5.92 Å². The molecule has 0 saturated heterocycles. The number of nitrogens with zero attached hydrogens (tertiary/aromatic N) is 3. The first kappa shape index (κ1) is 17.5. The van der Waals surface area contributed by atoms with Crippen molar-refractivity contribution in [3.63, 3.8) is 0 Å². The van der Waals surface area contributed by atoms with Gasteiger partial charge >= 0.3 is 11.8 Å². The lowest BCUT2D eigenvalue weighted by molar-refractivity contribution is -0.135. The van der Waals surface area contributed by atoms with Crippen molar-refractivity contribution < 1.29 is 9.59 Å². The summed E-state index contributed by atoms with van der Waals surface area (Å²) in [6, 6.07) is 2.26. The minimum atomic E-state index is -0.728. The van der Waals surface area contributed by atoms with Crippen molar-refractivity contribution in [1.29, 1.82) is 0 Å². The third-order valence-electron chi connectivity index (χ3n) is 5.62. The summed E-state index contributed by atoms with van der Waals surface area (Å²) in [6.07, 6.45) is 9.32. The second-order valence-electron chi connectivity index (χ2n) is 7.11. The molecule has 0 spiro atoms. The third-order valence-corrected chi connectivity index (χ3v) is 5.62. The maximum absolute atomic E-state index is 12.1. The van der Waals surface area contributed by atoms with Crippen LogP contribution in [0.3, 0.4) is 0 Å². The van der Waals surface area contributed by atoms with Gasteiger partial charge in [0.1, 0.15) is 5.65 Å². The lowest BCUT2D eigenvalue weighted by Crippen LogP contribution is -2.33. The summed E-state index contributed by atoms with van der Waals surface area (Å²) >= 11 is 0. The van der Waals surface area contributed by atoms with Gasteiger partial charge in [-0.1, -0.05) is 26.2 Å². The van der Waals surface area contributed by atoms with Gasteiger partial charge in [0.25, 0.3) is 0 Å². The number of amides is 2. The van der Waals surface area contributed by atoms with E-state index in [2.05, 4.69) is 32.2 Å². The fraction of sp³-hybridized carbons (Fsp3) is 0.474. The number of fused-ring (bicyclic) bond motifs is 3. The Balaban J connectivity index is 1.87. The summed E-state index contributed by atoms with van der Waals surface area (Å²) in [7, 11) is 1.43. The highest BCUT2D eigenvalue weighted by Crippen LogP contribution is 2.40. The van der Waals surface area contributed by atoms with Crippen LogP contribution in [0.2, 0.25) is 0 Å². The number of H-pyrrole nitrogens is 1. The molecule has 0 aromatic carbocycles. The number of carbonyl (C=O) groups is 2. The van der Waals surface area contributed by atoms with E-state index in [1.54, 1.807) is 6.20 Å². The fourth-order valence-corrected chi connectivity index (χ4v) is 4.22. The molecule has 1 saturated carbocycles. The number of rotatable bonds is 3. The largest absolute Gasteiger partial charge is 0.351 e. The molecule has 0 radical (unpaired) electrons. The number of aromatic amines is 1. The quantitative estimate of drug-likeness (QED) is 0.618. The Morgan fingerprint density at radius 2 is 2.07 bits per heavy atom. The Bertz CT molecular complexity index is 1000. The SMILES string of the molecule is CC[C@@H]1CCCC[C@@H]1n1nc(NC(=O)C(=O)NC)c2cnc3[nH]ccc3c21. The van der Waals surface area contributed by atoms with E-state index < -0.39 is 11.8 Å². The number of carbonyl (C=O) groups excluding carboxylic acids is 2. The number of hydrogen-bond acceptors (Lipinski definition) is 4. The average Bonchev–Trinajstić information content (AvgIpc) is 3.31. The zero-order valence-electron chi connectivity index (χ0n) is 15.6. The maximum atomic E-state index is 12.1. The van der Waals surface area contributed by atoms with Crippen molar-refractivity contribution in [2.24, 2.45) is 5.92 Å². The van der Waals surface area contributed by atoms with E-state index in [-0.39, 0.29) is 6.04 Å². The standard InChI is InChI=1S/C19H24N6O2/c1-3-11-6-4-5-7-14(11)25-15-12-8-9-21-16(12)22-10-13(15)17(24-25)23-19(27)18(26)20-2/h8-11,14H,3-7H2,1-2H3,(H,20,26)(H,21,22)(H,23,24,27)/t11-,14+/m1/s1. The molecule has 3 heterocycles. The summed E-state index contributed by atoms with van der Waals surface area (Å²) in [4.78, 5) is 31.3. The van der Waals surface area contributed by atoms with Crippen molar-refractivity contribution in [1.82, 2.24) is 25.1 Å². The summed E-state index contributed by atoms with van der Waals surface area (Å²) < 4.78 is 2.06. The lowest BCUT2D eigenvalue weighted by Gasteiger charge is -2.31. The topological polar surface area (TPSA) is 105 Å². The Hall–Kier alpha value is -2.90. The zero-order chi connectivity index (χ0) is 19.0. The van der Waals surface area contributed by atoms with Crippen molar-refractivity contribution in [3.8, 4) is 0 Å². The second kappa shape index (κ2) is 7.02. The summed E-state index contributed by atoms with van der Waals surface area (Å²) in [5.74, 6) is -0.493. The molecule has 3 N–H and O–H groups in total. The Morgan fingerprint density at radius 3 is 2.85 bits per heavy atom. The van der Waals surface area contributed by atoms with Gasteiger partial charge in [-0.05, 0) is 24.8 Å². The van der Waals surface area contributed by atoms with Crippen molar-refractivity contribution in [3.05, 3.63) is 18.5 Å². The van der Waals surface area contributed by atoms with Gasteiger partial charge in [0.05, 0.1) is 16.9 Å². The molecule has 2 amide bonds. The minimum Gasteiger partial charge on any atom is -0.351 e. The molecule has 2 atom stereocenters. The van der Waals surface area contributed by atoms with Crippen LogP contribution in [0.4, 0.5) is 5.82 Å². The first-order valence-corrected chi connectivity index (χ1v) is 9.51. The van der Waals surface area contributed by atoms with Crippen molar-refractivity contribution in [2.75, 3.05) is 12.4 Å². The number of likely N-dealkylation sites (N-methyl/N-ethyl adjacent to an activating group) is 1. The zero-order valence-corrected chi connectivity index (χ0v) is 15.6. The second-order valence-corrected chi connectivity index (χ2v) is 7.11. The van der Waals surface area contributed by atoms with Gasteiger partial charge < -0.3 is 15.6 Å². The van der Waals surface area contributed by atoms with E-state index in [1.807, 2.05) is 12.3 Å². The number of anilines is 1. The molecule has 0 bridgehead atoms. The van der Waals surface area contributed by atoms with E-state index in [4.69, 9.17) is 5.10 Å². The molecule has 0 aliphatic heterocycles. The predicted octanol–water partition coefficient (Wildman–Crippen LogP) is 2.74. The number of hydrogen-bond donors (Lipinski definition) is 3. The lowest BCUT2D eigenvalue weighted by atomic mass is 9.83. The molecular weight excluding hydrogens is 344 g/mol. The van der Waals surface area contributed by atoms with Crippen LogP contribution in [-0.2, 0) is 9.59 Å². The molecule has 0 unspecified atom stereocenters. The van der Waals surface area contributed by atoms with Gasteiger partial charge in [0.2, 0.25) is 0 Å². The van der Waals surface area contributed by atoms with Crippen LogP contribution in [0.5, 0.6) is 0 Å². The highest BCUT2D eigenvalue weighted by atomic mass is 16.2. The van der Waals surface area contributed by atoms with E-state index in [0.29, 0.717) is 11.7 Å². The molecular formula is C19H24N6O2. The molecule has 142 valence electrons. The number of pyridine rings is 1. The highest BCUT2D eigenvalue weighted by Gasteiger charge is 2.29. The number of aromatic nitrogens is 4. The van der Waals surface area contributed by atoms with Crippen LogP contribution in [0.25, 0.3) is 21.9 Å². The smallest absolute Gasteiger partial charge is 0.314 e. The van der Waals surface area contributed by atoms with Gasteiger partial charge in [-0.2, -0.15) is 5.10 Å². The first-order chi connectivity index (χ1) is 13.1. The van der Waals surface area contributed by atoms with Crippen LogP contribution in [0.1, 0.15) is 45.1 Å². The van der Waals surface area contributed by atoms with E-state index in [1.165, 1.54) is 26.3 Å². The fourth-order valence-electron chi connectivity index (χ4n) is 4.22. The molecule has 4 rings (SSSR count). The normalized spacial score (nSPS) is 20.1. The van der Waals surface area contributed by atoms with E-state index in [9.17, 15) is 9.59 Å². The third kappa shape index (κ3) is 2.94. The van der Waals surface area contributed by atoms with Gasteiger partial charge in [0.15, 0.2) is 5.82 Å². The van der Waals surface area contributed by atoms with Crippen LogP contribution in [0.15, 0.2) is 18.5 Å². The molecule has 1 aliphatic carbocycles. The molecule has 8 heteroatoms. The molecule has 27 heavy (non-hydrogen) atoms. The van der Waals surface area contributed by atoms with Gasteiger partial charge in [0, 0.05) is 24.8 Å². The van der Waals surface area contributed by atoms with Crippen LogP contribution < -0.4 is 10.6 Å². The van der Waals surface area contributed by atoms with Gasteiger partial charge in [-0.15, -0.1) is 0 Å². The summed E-state index contributed by atoms with van der Waals surface area (Å²) in [5, 5.41) is 11.5. The number of nitrogens with one attached hydrogen (secondary N) is 3. The van der Waals surface area contributed by atoms with Gasteiger partial charge in [-0.3, -0.25) is 14.3 Å². The monoisotopic (exact) mass is 368 g/mol. The minimum absolute atomic E-state index is 0.275. The van der Waals surface area contributed by atoms with E-state index >= 15 is 0 Å². The van der Waals surface area contributed by atoms with Crippen LogP contribution in [-0.4, -0.2) is 38.6 Å². The maximum Gasteiger partial charge on any atom is 0.314 e. The summed E-state index contributed by atoms with van der Waals surface area (Å²) in [5.41, 5.74) is 1.75. The van der Waals surface area contributed by atoms with Crippen molar-refractivity contribution >= 4 is 39.6 Å². The Labute approximate surface area is 156 Å². The summed E-state index contributed by atoms with van der Waals surface area (Å²) in [6.45, 7) is 2.22. The molecule has 8 nitrogen and oxygen atoms in total. The van der Waals surface area contributed by atoms with Gasteiger partial charge in [-0.25, -0.2) is 4.98 Å². The molecule has 1 aliphatic rings. The van der Waals surface area contributed by atoms with Crippen molar-refractivity contribution in [2.45, 2.75) is 45.1 Å². The molecule has 3 aromatic heterocycles. The van der Waals surface area contributed by atoms with E-state index in [0.717, 1.165) is 34.8 Å².